The zero-order valence-corrected chi connectivity index (χ0v) is 12.0. The Hall–Kier alpha value is -2.58. The molecule has 0 aliphatic rings. The normalized spacial score (nSPS) is 10.7. The van der Waals surface area contributed by atoms with Crippen molar-refractivity contribution in [3.63, 3.8) is 0 Å². The second-order valence-corrected chi connectivity index (χ2v) is 5.14. The molecule has 0 fully saturated rings. The van der Waals surface area contributed by atoms with Gasteiger partial charge in [-0.25, -0.2) is 4.98 Å². The summed E-state index contributed by atoms with van der Waals surface area (Å²) in [6, 6.07) is 9.41. The fourth-order valence-electron chi connectivity index (χ4n) is 2.21. The highest BCUT2D eigenvalue weighted by Crippen LogP contribution is 2.25. The lowest BCUT2D eigenvalue weighted by molar-refractivity contribution is 0.428. The average molecular weight is 299 g/mol. The summed E-state index contributed by atoms with van der Waals surface area (Å²) in [5.41, 5.74) is 3.06. The molecule has 2 heterocycles. The number of rotatable bonds is 2. The van der Waals surface area contributed by atoms with Crippen LogP contribution in [0.15, 0.2) is 30.5 Å². The third-order valence-electron chi connectivity index (χ3n) is 3.34. The Morgan fingerprint density at radius 1 is 1.33 bits per heavy atom. The van der Waals surface area contributed by atoms with Crippen LogP contribution in [0, 0.1) is 18.3 Å². The minimum absolute atomic E-state index is 0.00829. The number of hydrogen-bond donors (Lipinski definition) is 1. The van der Waals surface area contributed by atoms with E-state index in [1.165, 1.54) is 10.7 Å². The molecule has 0 aliphatic carbocycles. The summed E-state index contributed by atoms with van der Waals surface area (Å²) >= 11 is 5.87. The smallest absolute Gasteiger partial charge is 0.219 e. The van der Waals surface area contributed by atoms with Gasteiger partial charge < -0.3 is 5.11 Å². The van der Waals surface area contributed by atoms with Crippen molar-refractivity contribution in [1.82, 2.24) is 14.6 Å². The van der Waals surface area contributed by atoms with Crippen LogP contribution in [0.4, 0.5) is 0 Å². The Morgan fingerprint density at radius 3 is 2.71 bits per heavy atom. The lowest BCUT2D eigenvalue weighted by Crippen LogP contribution is -2.02. The van der Waals surface area contributed by atoms with Gasteiger partial charge in [-0.1, -0.05) is 23.7 Å². The first kappa shape index (κ1) is 13.4. The van der Waals surface area contributed by atoms with Gasteiger partial charge in [-0.15, -0.1) is 0 Å². The van der Waals surface area contributed by atoms with Crippen LogP contribution >= 0.6 is 11.6 Å². The van der Waals surface area contributed by atoms with E-state index >= 15 is 0 Å². The van der Waals surface area contributed by atoms with Crippen molar-refractivity contribution in [2.75, 3.05) is 0 Å². The Morgan fingerprint density at radius 2 is 2.05 bits per heavy atom. The third-order valence-corrected chi connectivity index (χ3v) is 3.59. The van der Waals surface area contributed by atoms with E-state index in [0.29, 0.717) is 33.9 Å². The highest BCUT2D eigenvalue weighted by atomic mass is 35.5. The maximum atomic E-state index is 10.4. The van der Waals surface area contributed by atoms with Crippen LogP contribution in [-0.4, -0.2) is 19.7 Å². The van der Waals surface area contributed by atoms with E-state index in [9.17, 15) is 5.11 Å². The molecule has 0 unspecified atom stereocenters. The van der Waals surface area contributed by atoms with E-state index in [1.54, 1.807) is 19.1 Å². The van der Waals surface area contributed by atoms with Gasteiger partial charge in [-0.05, 0) is 24.6 Å². The van der Waals surface area contributed by atoms with Gasteiger partial charge in [0.25, 0.3) is 0 Å². The van der Waals surface area contributed by atoms with Crippen molar-refractivity contribution in [2.24, 2.45) is 0 Å². The van der Waals surface area contributed by atoms with Gasteiger partial charge >= 0.3 is 0 Å². The quantitative estimate of drug-likeness (QED) is 0.789. The third kappa shape index (κ3) is 2.30. The van der Waals surface area contributed by atoms with Crippen LogP contribution in [0.1, 0.15) is 22.4 Å². The van der Waals surface area contributed by atoms with Crippen molar-refractivity contribution in [1.29, 1.82) is 5.26 Å². The molecule has 0 bridgehead atoms. The Labute approximate surface area is 126 Å². The summed E-state index contributed by atoms with van der Waals surface area (Å²) in [4.78, 5) is 4.37. The fourth-order valence-corrected chi connectivity index (χ4v) is 2.34. The van der Waals surface area contributed by atoms with Gasteiger partial charge in [0.1, 0.15) is 11.6 Å². The predicted octanol–water partition coefficient (Wildman–Crippen LogP) is 2.86. The second kappa shape index (κ2) is 5.08. The first-order chi connectivity index (χ1) is 10.1. The molecule has 104 valence electrons. The van der Waals surface area contributed by atoms with Crippen LogP contribution in [0.3, 0.4) is 0 Å². The van der Waals surface area contributed by atoms with E-state index in [2.05, 4.69) is 10.1 Å². The molecule has 0 amide bonds. The molecule has 0 saturated heterocycles. The summed E-state index contributed by atoms with van der Waals surface area (Å²) in [6.07, 6.45) is 1.91. The molecular formula is C15H11ClN4O. The highest BCUT2D eigenvalue weighted by Gasteiger charge is 2.16. The molecular weight excluding hydrogens is 288 g/mol. The van der Waals surface area contributed by atoms with Gasteiger partial charge in [0.05, 0.1) is 6.20 Å². The zero-order chi connectivity index (χ0) is 15.0. The van der Waals surface area contributed by atoms with Crippen LogP contribution in [0.2, 0.25) is 5.02 Å². The largest absolute Gasteiger partial charge is 0.493 e. The number of aryl methyl sites for hydroxylation is 1. The maximum absolute atomic E-state index is 10.4. The number of nitriles is 1. The van der Waals surface area contributed by atoms with Crippen LogP contribution in [-0.2, 0) is 6.42 Å². The molecule has 0 saturated carbocycles. The number of aromatic nitrogens is 3. The van der Waals surface area contributed by atoms with E-state index in [1.807, 2.05) is 18.2 Å². The number of aromatic hydroxyl groups is 1. The molecule has 5 nitrogen and oxygen atoms in total. The SMILES string of the molecule is Cc1nc2c(C#N)cnn2c(O)c1Cc1ccc(Cl)cc1. The Bertz CT molecular complexity index is 862. The minimum Gasteiger partial charge on any atom is -0.493 e. The first-order valence-corrected chi connectivity index (χ1v) is 6.68. The van der Waals surface area contributed by atoms with Crippen LogP contribution < -0.4 is 0 Å². The summed E-state index contributed by atoms with van der Waals surface area (Å²) in [6.45, 7) is 1.80. The number of benzene rings is 1. The average Bonchev–Trinajstić information content (AvgIpc) is 2.88. The van der Waals surface area contributed by atoms with E-state index in [0.717, 1.165) is 5.56 Å². The van der Waals surface area contributed by atoms with Gasteiger partial charge in [0.2, 0.25) is 5.88 Å². The number of hydrogen-bond acceptors (Lipinski definition) is 4. The van der Waals surface area contributed by atoms with Gasteiger partial charge in [0.15, 0.2) is 5.65 Å². The first-order valence-electron chi connectivity index (χ1n) is 6.31. The molecule has 2 aromatic heterocycles. The lowest BCUT2D eigenvalue weighted by atomic mass is 10.0. The van der Waals surface area contributed by atoms with Crippen molar-refractivity contribution < 1.29 is 5.11 Å². The summed E-state index contributed by atoms with van der Waals surface area (Å²) in [7, 11) is 0. The molecule has 1 aromatic carbocycles. The van der Waals surface area contributed by atoms with Crippen LogP contribution in [0.25, 0.3) is 5.65 Å². The second-order valence-electron chi connectivity index (χ2n) is 4.71. The van der Waals surface area contributed by atoms with Crippen molar-refractivity contribution in [3.05, 3.63) is 57.9 Å². The van der Waals surface area contributed by atoms with Crippen molar-refractivity contribution >= 4 is 17.2 Å². The number of fused-ring (bicyclic) bond motifs is 1. The minimum atomic E-state index is 0.00829. The topological polar surface area (TPSA) is 74.2 Å². The molecule has 6 heteroatoms. The Kier molecular flexibility index (Phi) is 3.24. The summed E-state index contributed by atoms with van der Waals surface area (Å²) in [5.74, 6) is 0.00829. The Balaban J connectivity index is 2.11. The van der Waals surface area contributed by atoms with Crippen LogP contribution in [0.5, 0.6) is 5.88 Å². The molecule has 21 heavy (non-hydrogen) atoms. The molecule has 0 atom stereocenters. The van der Waals surface area contributed by atoms with Gasteiger partial charge in [-0.3, -0.25) is 0 Å². The van der Waals surface area contributed by atoms with E-state index < -0.39 is 0 Å². The standard InChI is InChI=1S/C15H11ClN4O/c1-9-13(6-10-2-4-12(16)5-3-10)15(21)20-14(19-9)11(7-17)8-18-20/h2-5,8,21H,6H2,1H3. The maximum Gasteiger partial charge on any atom is 0.219 e. The van der Waals surface area contributed by atoms with Crippen molar-refractivity contribution in [2.45, 2.75) is 13.3 Å². The monoisotopic (exact) mass is 298 g/mol. The zero-order valence-electron chi connectivity index (χ0n) is 11.2. The fraction of sp³-hybridized carbons (Fsp3) is 0.133. The van der Waals surface area contributed by atoms with Crippen molar-refractivity contribution in [3.8, 4) is 11.9 Å². The molecule has 0 spiro atoms. The highest BCUT2D eigenvalue weighted by molar-refractivity contribution is 6.30. The summed E-state index contributed by atoms with van der Waals surface area (Å²) in [5, 5.41) is 24.1. The van der Waals surface area contributed by atoms with E-state index in [4.69, 9.17) is 16.9 Å². The molecule has 3 aromatic rings. The molecule has 0 radical (unpaired) electrons. The predicted molar refractivity (Wildman–Crippen MR) is 78.4 cm³/mol. The molecule has 3 rings (SSSR count). The lowest BCUT2D eigenvalue weighted by Gasteiger charge is -2.09. The molecule has 0 aliphatic heterocycles. The molecule has 1 N–H and O–H groups in total. The van der Waals surface area contributed by atoms with Gasteiger partial charge in [0, 0.05) is 22.7 Å². The summed E-state index contributed by atoms with van der Waals surface area (Å²) < 4.78 is 1.29. The van der Waals surface area contributed by atoms with E-state index in [-0.39, 0.29) is 5.88 Å². The number of nitrogens with zero attached hydrogens (tertiary/aromatic N) is 4. The van der Waals surface area contributed by atoms with Gasteiger partial charge in [-0.2, -0.15) is 14.9 Å². The number of halogens is 1.